The van der Waals surface area contributed by atoms with Crippen molar-refractivity contribution >= 4 is 56.2 Å². The van der Waals surface area contributed by atoms with Gasteiger partial charge in [-0.25, -0.2) is 4.99 Å². The lowest BCUT2D eigenvalue weighted by molar-refractivity contribution is -0.113. The van der Waals surface area contributed by atoms with E-state index < -0.39 is 0 Å². The lowest BCUT2D eigenvalue weighted by atomic mass is 10.1. The average Bonchev–Trinajstić information content (AvgIpc) is 3.17. The van der Waals surface area contributed by atoms with Gasteiger partial charge in [0.1, 0.15) is 0 Å². The summed E-state index contributed by atoms with van der Waals surface area (Å²) in [5, 5.41) is 0.641. The number of para-hydroxylation sites is 2. The number of nitrogens with zero attached hydrogens (tertiary/aromatic N) is 2. The summed E-state index contributed by atoms with van der Waals surface area (Å²) in [6, 6.07) is 19.8. The molecule has 0 saturated carbocycles. The summed E-state index contributed by atoms with van der Waals surface area (Å²) in [4.78, 5) is 21.1. The number of methoxy groups -OCH3 is 2. The van der Waals surface area contributed by atoms with Gasteiger partial charge in [0.25, 0.3) is 5.91 Å². The highest BCUT2D eigenvalue weighted by atomic mass is 79.9. The van der Waals surface area contributed by atoms with E-state index in [9.17, 15) is 4.79 Å². The van der Waals surface area contributed by atoms with Crippen LogP contribution in [0.2, 0.25) is 0 Å². The molecule has 0 atom stereocenters. The van der Waals surface area contributed by atoms with Gasteiger partial charge in [0.2, 0.25) is 0 Å². The Morgan fingerprint density at radius 3 is 2.34 bits per heavy atom. The van der Waals surface area contributed by atoms with Crippen LogP contribution in [0.15, 0.2) is 75.0 Å². The summed E-state index contributed by atoms with van der Waals surface area (Å²) in [7, 11) is 3.19. The van der Waals surface area contributed by atoms with E-state index in [1.54, 1.807) is 19.1 Å². The Balaban J connectivity index is 1.84. The predicted octanol–water partition coefficient (Wildman–Crippen LogP) is 7.40. The van der Waals surface area contributed by atoms with Crippen LogP contribution < -0.4 is 14.4 Å². The molecule has 35 heavy (non-hydrogen) atoms. The second-order valence-corrected chi connectivity index (χ2v) is 9.71. The van der Waals surface area contributed by atoms with E-state index in [0.29, 0.717) is 21.6 Å². The van der Waals surface area contributed by atoms with Crippen molar-refractivity contribution in [1.82, 2.24) is 0 Å². The van der Waals surface area contributed by atoms with Crippen LogP contribution >= 0.6 is 27.7 Å². The maximum atomic E-state index is 13.8. The van der Waals surface area contributed by atoms with E-state index in [-0.39, 0.29) is 5.91 Å². The highest BCUT2D eigenvalue weighted by Crippen LogP contribution is 2.41. The third kappa shape index (κ3) is 5.16. The Morgan fingerprint density at radius 2 is 1.66 bits per heavy atom. The highest BCUT2D eigenvalue weighted by Gasteiger charge is 2.36. The molecule has 0 aliphatic carbocycles. The number of aryl methyl sites for hydroxylation is 2. The predicted molar refractivity (Wildman–Crippen MR) is 149 cm³/mol. The molecule has 7 heteroatoms. The van der Waals surface area contributed by atoms with Crippen molar-refractivity contribution in [1.29, 1.82) is 0 Å². The molecule has 1 saturated heterocycles. The van der Waals surface area contributed by atoms with Crippen LogP contribution in [0.4, 0.5) is 11.4 Å². The number of carbonyl (C=O) groups excluding carboxylic acids is 1. The molecule has 1 fully saturated rings. The van der Waals surface area contributed by atoms with Gasteiger partial charge in [0.05, 0.1) is 35.0 Å². The smallest absolute Gasteiger partial charge is 0.271 e. The van der Waals surface area contributed by atoms with E-state index in [2.05, 4.69) is 41.9 Å². The number of halogens is 1. The van der Waals surface area contributed by atoms with Crippen LogP contribution in [0, 0.1) is 0 Å². The number of hydrogen-bond acceptors (Lipinski definition) is 5. The molecule has 1 aliphatic heterocycles. The van der Waals surface area contributed by atoms with E-state index in [1.165, 1.54) is 11.8 Å². The number of ether oxygens (including phenoxy) is 2. The zero-order chi connectivity index (χ0) is 24.9. The summed E-state index contributed by atoms with van der Waals surface area (Å²) in [5.74, 6) is 1.09. The number of rotatable bonds is 7. The molecule has 4 rings (SSSR count). The highest BCUT2D eigenvalue weighted by molar-refractivity contribution is 9.10. The van der Waals surface area contributed by atoms with Crippen molar-refractivity contribution in [2.24, 2.45) is 4.99 Å². The van der Waals surface area contributed by atoms with Crippen molar-refractivity contribution in [2.45, 2.75) is 26.7 Å². The average molecular weight is 552 g/mol. The normalized spacial score (nSPS) is 15.8. The number of benzene rings is 3. The van der Waals surface area contributed by atoms with Gasteiger partial charge in [-0.15, -0.1) is 0 Å². The number of carbonyl (C=O) groups is 1. The number of amidine groups is 1. The van der Waals surface area contributed by atoms with Gasteiger partial charge in [0, 0.05) is 0 Å². The van der Waals surface area contributed by atoms with Crippen molar-refractivity contribution in [3.05, 3.63) is 86.7 Å². The van der Waals surface area contributed by atoms with Gasteiger partial charge in [-0.2, -0.15) is 0 Å². The monoisotopic (exact) mass is 550 g/mol. The Bertz CT molecular complexity index is 1320. The second-order valence-electron chi connectivity index (χ2n) is 7.85. The maximum absolute atomic E-state index is 13.8. The minimum atomic E-state index is -0.102. The molecule has 180 valence electrons. The zero-order valence-electron chi connectivity index (χ0n) is 20.2. The molecule has 3 aromatic carbocycles. The first kappa shape index (κ1) is 25.1. The van der Waals surface area contributed by atoms with Gasteiger partial charge in [-0.1, -0.05) is 50.2 Å². The molecule has 3 aromatic rings. The van der Waals surface area contributed by atoms with Gasteiger partial charge in [0.15, 0.2) is 16.7 Å². The van der Waals surface area contributed by atoms with Crippen molar-refractivity contribution in [3.8, 4) is 11.5 Å². The molecule has 0 spiro atoms. The fourth-order valence-electron chi connectivity index (χ4n) is 3.98. The SMILES string of the molecule is CCc1ccccc1N=C1S/C(=C\c2cc(Br)c(OC)c(OC)c2)C(=O)N1c1ccccc1CC. The molecule has 1 aliphatic rings. The summed E-state index contributed by atoms with van der Waals surface area (Å²) < 4.78 is 11.7. The van der Waals surface area contributed by atoms with Crippen LogP contribution in [0.25, 0.3) is 6.08 Å². The Labute approximate surface area is 219 Å². The van der Waals surface area contributed by atoms with Gasteiger partial charge in [-0.3, -0.25) is 9.69 Å². The van der Waals surface area contributed by atoms with Gasteiger partial charge >= 0.3 is 0 Å². The van der Waals surface area contributed by atoms with E-state index >= 15 is 0 Å². The Morgan fingerprint density at radius 1 is 0.971 bits per heavy atom. The van der Waals surface area contributed by atoms with Crippen molar-refractivity contribution < 1.29 is 14.3 Å². The van der Waals surface area contributed by atoms with Gasteiger partial charge < -0.3 is 9.47 Å². The van der Waals surface area contributed by atoms with E-state index in [1.807, 2.05) is 54.6 Å². The summed E-state index contributed by atoms with van der Waals surface area (Å²) in [5.41, 5.74) is 4.78. The minimum Gasteiger partial charge on any atom is -0.493 e. The number of amides is 1. The van der Waals surface area contributed by atoms with Crippen LogP contribution in [0.5, 0.6) is 11.5 Å². The molecule has 0 N–H and O–H groups in total. The third-order valence-electron chi connectivity index (χ3n) is 5.76. The van der Waals surface area contributed by atoms with E-state index in [4.69, 9.17) is 14.5 Å². The lowest BCUT2D eigenvalue weighted by Crippen LogP contribution is -2.29. The first-order valence-corrected chi connectivity index (χ1v) is 13.0. The Hall–Kier alpha value is -3.03. The summed E-state index contributed by atoms with van der Waals surface area (Å²) >= 11 is 4.92. The van der Waals surface area contributed by atoms with Crippen LogP contribution in [0.1, 0.15) is 30.5 Å². The molecular weight excluding hydrogens is 524 g/mol. The zero-order valence-corrected chi connectivity index (χ0v) is 22.6. The molecule has 0 aromatic heterocycles. The Kier molecular flexibility index (Phi) is 7.98. The molecular formula is C28H27BrN2O3S. The molecule has 0 unspecified atom stereocenters. The third-order valence-corrected chi connectivity index (χ3v) is 7.32. The fraction of sp³-hybridized carbons (Fsp3) is 0.214. The van der Waals surface area contributed by atoms with Crippen LogP contribution in [0.3, 0.4) is 0 Å². The number of thioether (sulfide) groups is 1. The molecule has 0 bridgehead atoms. The molecule has 5 nitrogen and oxygen atoms in total. The largest absolute Gasteiger partial charge is 0.493 e. The van der Waals surface area contributed by atoms with Gasteiger partial charge in [-0.05, 0) is 87.6 Å². The standard InChI is InChI=1S/C28H27BrN2O3S/c1-5-19-11-7-9-13-22(19)30-28-31(23-14-10-8-12-20(23)6-2)27(32)25(35-28)17-18-15-21(29)26(34-4)24(16-18)33-3/h7-17H,5-6H2,1-4H3/b25-17-,30-28?. The van der Waals surface area contributed by atoms with Crippen LogP contribution in [-0.2, 0) is 17.6 Å². The number of aliphatic imine (C=N–C) groups is 1. The van der Waals surface area contributed by atoms with Crippen LogP contribution in [-0.4, -0.2) is 25.3 Å². The first-order valence-electron chi connectivity index (χ1n) is 11.4. The summed E-state index contributed by atoms with van der Waals surface area (Å²) in [6.45, 7) is 4.20. The van der Waals surface area contributed by atoms with E-state index in [0.717, 1.165) is 45.4 Å². The molecule has 1 heterocycles. The molecule has 0 radical (unpaired) electrons. The second kappa shape index (κ2) is 11.1. The number of anilines is 1. The van der Waals surface area contributed by atoms with Crippen molar-refractivity contribution in [2.75, 3.05) is 19.1 Å². The molecule has 1 amide bonds. The van der Waals surface area contributed by atoms with Crippen molar-refractivity contribution in [3.63, 3.8) is 0 Å². The quantitative estimate of drug-likeness (QED) is 0.287. The summed E-state index contributed by atoms with van der Waals surface area (Å²) in [6.07, 6.45) is 3.54. The minimum absolute atomic E-state index is 0.102. The number of hydrogen-bond donors (Lipinski definition) is 0. The maximum Gasteiger partial charge on any atom is 0.271 e. The topological polar surface area (TPSA) is 51.1 Å². The first-order chi connectivity index (χ1) is 17.0. The lowest BCUT2D eigenvalue weighted by Gasteiger charge is -2.19. The fourth-order valence-corrected chi connectivity index (χ4v) is 5.59.